The summed E-state index contributed by atoms with van der Waals surface area (Å²) in [7, 11) is 0. The minimum atomic E-state index is 0.508. The van der Waals surface area contributed by atoms with E-state index in [0.29, 0.717) is 5.88 Å². The van der Waals surface area contributed by atoms with Crippen LogP contribution in [-0.2, 0) is 5.88 Å². The van der Waals surface area contributed by atoms with Gasteiger partial charge in [0, 0.05) is 19.3 Å². The van der Waals surface area contributed by atoms with Gasteiger partial charge in [-0.1, -0.05) is 19.4 Å². The third-order valence-corrected chi connectivity index (χ3v) is 4.38. The van der Waals surface area contributed by atoms with Gasteiger partial charge in [-0.25, -0.2) is 4.98 Å². The summed E-state index contributed by atoms with van der Waals surface area (Å²) in [6.07, 6.45) is 5.90. The minimum absolute atomic E-state index is 0.508. The van der Waals surface area contributed by atoms with Crippen molar-refractivity contribution in [3.8, 4) is 0 Å². The monoisotopic (exact) mass is 277 g/mol. The quantitative estimate of drug-likeness (QED) is 0.798. The highest BCUT2D eigenvalue weighted by Gasteiger charge is 2.23. The summed E-state index contributed by atoms with van der Waals surface area (Å²) in [6.45, 7) is 4.49. The van der Waals surface area contributed by atoms with Gasteiger partial charge in [-0.3, -0.25) is 0 Å². The molecule has 102 valence electrons. The number of hydrogen-bond donors (Lipinski definition) is 0. The van der Waals surface area contributed by atoms with Crippen LogP contribution < -0.4 is 4.90 Å². The number of nitrogens with zero attached hydrogens (tertiary/aromatic N) is 3. The first-order valence-corrected chi connectivity index (χ1v) is 7.63. The molecule has 0 amide bonds. The normalized spacial score (nSPS) is 20.1. The lowest BCUT2D eigenvalue weighted by Gasteiger charge is -2.33. The predicted octanol–water partition coefficient (Wildman–Crippen LogP) is 3.70. The first-order valence-electron chi connectivity index (χ1n) is 7.10. The molecular weight excluding hydrogens is 258 g/mol. The number of imidazole rings is 1. The van der Waals surface area contributed by atoms with E-state index < -0.39 is 0 Å². The largest absolute Gasteiger partial charge is 0.355 e. The number of rotatable bonds is 3. The SMILES string of the molecule is CCC1CCCN(c2nc3ccccn3c2CCl)C1. The van der Waals surface area contributed by atoms with Gasteiger partial charge in [0.1, 0.15) is 5.65 Å². The summed E-state index contributed by atoms with van der Waals surface area (Å²) < 4.78 is 2.11. The zero-order chi connectivity index (χ0) is 13.2. The van der Waals surface area contributed by atoms with E-state index in [-0.39, 0.29) is 0 Å². The van der Waals surface area contributed by atoms with E-state index in [9.17, 15) is 0 Å². The maximum absolute atomic E-state index is 6.15. The molecule has 19 heavy (non-hydrogen) atoms. The predicted molar refractivity (Wildman–Crippen MR) is 80.0 cm³/mol. The van der Waals surface area contributed by atoms with Crippen LogP contribution in [0.3, 0.4) is 0 Å². The summed E-state index contributed by atoms with van der Waals surface area (Å²) in [6, 6.07) is 6.09. The van der Waals surface area contributed by atoms with Gasteiger partial charge in [-0.2, -0.15) is 0 Å². The molecule has 0 spiro atoms. The van der Waals surface area contributed by atoms with Gasteiger partial charge >= 0.3 is 0 Å². The lowest BCUT2D eigenvalue weighted by atomic mass is 9.96. The van der Waals surface area contributed by atoms with Crippen molar-refractivity contribution in [1.29, 1.82) is 0 Å². The van der Waals surface area contributed by atoms with Gasteiger partial charge in [0.15, 0.2) is 5.82 Å². The van der Waals surface area contributed by atoms with Crippen molar-refractivity contribution in [2.45, 2.75) is 32.1 Å². The molecule has 3 rings (SSSR count). The van der Waals surface area contributed by atoms with E-state index in [1.165, 1.54) is 19.3 Å². The van der Waals surface area contributed by atoms with Crippen LogP contribution >= 0.6 is 11.6 Å². The van der Waals surface area contributed by atoms with E-state index in [4.69, 9.17) is 16.6 Å². The Bertz CT molecular complexity index is 564. The fraction of sp³-hybridized carbons (Fsp3) is 0.533. The van der Waals surface area contributed by atoms with Crippen molar-refractivity contribution in [3.63, 3.8) is 0 Å². The standard InChI is InChI=1S/C15H20ClN3/c1-2-12-6-5-8-18(11-12)15-13(10-16)19-9-4-3-7-14(19)17-15/h3-4,7,9,12H,2,5-6,8,10-11H2,1H3. The lowest BCUT2D eigenvalue weighted by Crippen LogP contribution is -2.35. The Morgan fingerprint density at radius 2 is 2.32 bits per heavy atom. The number of halogens is 1. The first kappa shape index (κ1) is 12.8. The molecule has 0 aliphatic carbocycles. The third kappa shape index (κ3) is 2.32. The molecule has 4 heteroatoms. The highest BCUT2D eigenvalue weighted by atomic mass is 35.5. The van der Waals surface area contributed by atoms with Crippen LogP contribution in [0, 0.1) is 5.92 Å². The molecule has 2 aromatic rings. The molecule has 3 nitrogen and oxygen atoms in total. The van der Waals surface area contributed by atoms with Crippen LogP contribution in [0.5, 0.6) is 0 Å². The minimum Gasteiger partial charge on any atom is -0.355 e. The number of hydrogen-bond acceptors (Lipinski definition) is 2. The van der Waals surface area contributed by atoms with E-state index in [2.05, 4.69) is 16.2 Å². The van der Waals surface area contributed by atoms with Crippen molar-refractivity contribution in [3.05, 3.63) is 30.1 Å². The van der Waals surface area contributed by atoms with Crippen molar-refractivity contribution < 1.29 is 0 Å². The van der Waals surface area contributed by atoms with Gasteiger partial charge in [-0.15, -0.1) is 11.6 Å². The summed E-state index contributed by atoms with van der Waals surface area (Å²) in [5.41, 5.74) is 2.11. The van der Waals surface area contributed by atoms with Crippen LogP contribution in [0.25, 0.3) is 5.65 Å². The van der Waals surface area contributed by atoms with Crippen LogP contribution in [0.4, 0.5) is 5.82 Å². The molecule has 0 radical (unpaired) electrons. The Morgan fingerprint density at radius 3 is 3.11 bits per heavy atom. The molecule has 0 N–H and O–H groups in total. The van der Waals surface area contributed by atoms with Crippen LogP contribution in [0.1, 0.15) is 31.9 Å². The second kappa shape index (κ2) is 5.41. The highest BCUT2D eigenvalue weighted by molar-refractivity contribution is 6.17. The van der Waals surface area contributed by atoms with Gasteiger partial charge in [0.2, 0.25) is 0 Å². The van der Waals surface area contributed by atoms with E-state index >= 15 is 0 Å². The molecule has 1 aliphatic heterocycles. The topological polar surface area (TPSA) is 20.5 Å². The molecule has 0 bridgehead atoms. The highest BCUT2D eigenvalue weighted by Crippen LogP contribution is 2.28. The average Bonchev–Trinajstić information content (AvgIpc) is 2.86. The molecule has 0 saturated carbocycles. The summed E-state index contributed by atoms with van der Waals surface area (Å²) >= 11 is 6.15. The van der Waals surface area contributed by atoms with E-state index in [1.54, 1.807) is 0 Å². The van der Waals surface area contributed by atoms with Crippen molar-refractivity contribution in [1.82, 2.24) is 9.38 Å². The average molecular weight is 278 g/mol. The Labute approximate surface area is 119 Å². The smallest absolute Gasteiger partial charge is 0.152 e. The first-order chi connectivity index (χ1) is 9.33. The Morgan fingerprint density at radius 1 is 1.42 bits per heavy atom. The fourth-order valence-corrected chi connectivity index (χ4v) is 3.25. The van der Waals surface area contributed by atoms with E-state index in [1.807, 2.05) is 24.4 Å². The number of fused-ring (bicyclic) bond motifs is 1. The van der Waals surface area contributed by atoms with Crippen LogP contribution in [-0.4, -0.2) is 22.5 Å². The van der Waals surface area contributed by atoms with Gasteiger partial charge in [-0.05, 0) is 30.9 Å². The number of anilines is 1. The lowest BCUT2D eigenvalue weighted by molar-refractivity contribution is 0.403. The molecule has 1 atom stereocenters. The van der Waals surface area contributed by atoms with Crippen molar-refractivity contribution in [2.75, 3.05) is 18.0 Å². The van der Waals surface area contributed by atoms with Crippen LogP contribution in [0.15, 0.2) is 24.4 Å². The number of pyridine rings is 1. The summed E-state index contributed by atoms with van der Waals surface area (Å²) in [5.74, 6) is 2.38. The maximum Gasteiger partial charge on any atom is 0.152 e. The maximum atomic E-state index is 6.15. The number of alkyl halides is 1. The second-order valence-electron chi connectivity index (χ2n) is 5.31. The molecule has 1 saturated heterocycles. The number of piperidine rings is 1. The molecule has 1 unspecified atom stereocenters. The Kier molecular flexibility index (Phi) is 3.65. The van der Waals surface area contributed by atoms with Crippen LogP contribution in [0.2, 0.25) is 0 Å². The molecule has 1 fully saturated rings. The second-order valence-corrected chi connectivity index (χ2v) is 5.57. The fourth-order valence-electron chi connectivity index (χ4n) is 3.00. The Balaban J connectivity index is 1.99. The van der Waals surface area contributed by atoms with E-state index in [0.717, 1.165) is 36.2 Å². The third-order valence-electron chi connectivity index (χ3n) is 4.13. The molecular formula is C15H20ClN3. The Hall–Kier alpha value is -1.22. The molecule has 3 heterocycles. The summed E-state index contributed by atoms with van der Waals surface area (Å²) in [4.78, 5) is 7.20. The van der Waals surface area contributed by atoms with Gasteiger partial charge in [0.25, 0.3) is 0 Å². The van der Waals surface area contributed by atoms with Crippen molar-refractivity contribution >= 4 is 23.1 Å². The molecule has 2 aromatic heterocycles. The zero-order valence-electron chi connectivity index (χ0n) is 11.3. The van der Waals surface area contributed by atoms with Gasteiger partial charge < -0.3 is 9.30 Å². The van der Waals surface area contributed by atoms with Gasteiger partial charge in [0.05, 0.1) is 11.6 Å². The zero-order valence-corrected chi connectivity index (χ0v) is 12.1. The molecule has 1 aliphatic rings. The number of aromatic nitrogens is 2. The summed E-state index contributed by atoms with van der Waals surface area (Å²) in [5, 5.41) is 0. The molecule has 0 aromatic carbocycles. The van der Waals surface area contributed by atoms with Crippen molar-refractivity contribution in [2.24, 2.45) is 5.92 Å².